The van der Waals surface area contributed by atoms with Crippen LogP contribution < -0.4 is 10.1 Å². The number of thiazole rings is 1. The first-order valence-electron chi connectivity index (χ1n) is 9.16. The molecule has 0 spiro atoms. The van der Waals surface area contributed by atoms with Gasteiger partial charge in [-0.15, -0.1) is 11.3 Å². The lowest BCUT2D eigenvalue weighted by molar-refractivity contribution is 0.305. The number of hydrogen-bond acceptors (Lipinski definition) is 4. The Morgan fingerprint density at radius 2 is 1.96 bits per heavy atom. The number of hydrogen-bond donors (Lipinski definition) is 2. The molecule has 0 bridgehead atoms. The SMILES string of the molecule is Cc1ccc(OCc2nc(CNCCc3c[nH]c4ccccc34)cs2)cc1. The van der Waals surface area contributed by atoms with Crippen LogP contribution in [0.2, 0.25) is 0 Å². The zero-order chi connectivity index (χ0) is 18.5. The van der Waals surface area contributed by atoms with Gasteiger partial charge in [-0.05, 0) is 43.7 Å². The number of fused-ring (bicyclic) bond motifs is 1. The fourth-order valence-electron chi connectivity index (χ4n) is 3.05. The van der Waals surface area contributed by atoms with Crippen molar-refractivity contribution in [1.82, 2.24) is 15.3 Å². The van der Waals surface area contributed by atoms with Gasteiger partial charge in [0, 0.05) is 29.0 Å². The quantitative estimate of drug-likeness (QED) is 0.432. The van der Waals surface area contributed by atoms with E-state index >= 15 is 0 Å². The summed E-state index contributed by atoms with van der Waals surface area (Å²) in [5.74, 6) is 0.884. The minimum atomic E-state index is 0.517. The topological polar surface area (TPSA) is 49.9 Å². The smallest absolute Gasteiger partial charge is 0.140 e. The van der Waals surface area contributed by atoms with Crippen LogP contribution in [0.25, 0.3) is 10.9 Å². The van der Waals surface area contributed by atoms with Crippen LogP contribution in [-0.4, -0.2) is 16.5 Å². The molecule has 5 heteroatoms. The molecule has 0 amide bonds. The highest BCUT2D eigenvalue weighted by Crippen LogP contribution is 2.18. The molecule has 4 nitrogen and oxygen atoms in total. The third-order valence-corrected chi connectivity index (χ3v) is 5.41. The predicted molar refractivity (Wildman–Crippen MR) is 111 cm³/mol. The van der Waals surface area contributed by atoms with Crippen LogP contribution in [0, 0.1) is 6.92 Å². The maximum Gasteiger partial charge on any atom is 0.140 e. The molecule has 4 rings (SSSR count). The van der Waals surface area contributed by atoms with E-state index in [1.54, 1.807) is 11.3 Å². The number of rotatable bonds is 8. The van der Waals surface area contributed by atoms with Gasteiger partial charge in [0.25, 0.3) is 0 Å². The van der Waals surface area contributed by atoms with E-state index in [0.29, 0.717) is 6.61 Å². The fraction of sp³-hybridized carbons (Fsp3) is 0.227. The standard InChI is InChI=1S/C22H23N3OS/c1-16-6-8-19(9-7-16)26-14-22-25-18(15-27-22)13-23-11-10-17-12-24-21-5-3-2-4-20(17)21/h2-9,12,15,23-24H,10-11,13-14H2,1H3. The molecule has 0 atom stereocenters. The van der Waals surface area contributed by atoms with Crippen molar-refractivity contribution in [1.29, 1.82) is 0 Å². The molecule has 2 N–H and O–H groups in total. The van der Waals surface area contributed by atoms with Gasteiger partial charge in [0.15, 0.2) is 0 Å². The van der Waals surface area contributed by atoms with E-state index in [2.05, 4.69) is 70.2 Å². The van der Waals surface area contributed by atoms with Crippen molar-refractivity contribution >= 4 is 22.2 Å². The van der Waals surface area contributed by atoms with E-state index in [1.807, 2.05) is 12.1 Å². The van der Waals surface area contributed by atoms with Crippen LogP contribution in [-0.2, 0) is 19.6 Å². The summed E-state index contributed by atoms with van der Waals surface area (Å²) in [5.41, 5.74) is 4.85. The Morgan fingerprint density at radius 3 is 2.85 bits per heavy atom. The van der Waals surface area contributed by atoms with Gasteiger partial charge < -0.3 is 15.0 Å². The predicted octanol–water partition coefficient (Wildman–Crippen LogP) is 4.84. The highest BCUT2D eigenvalue weighted by atomic mass is 32.1. The molecule has 0 aliphatic carbocycles. The Morgan fingerprint density at radius 1 is 1.11 bits per heavy atom. The molecular formula is C22H23N3OS. The summed E-state index contributed by atoms with van der Waals surface area (Å²) in [5, 5.41) is 7.90. The van der Waals surface area contributed by atoms with Gasteiger partial charge in [0.1, 0.15) is 17.4 Å². The Hall–Kier alpha value is -2.63. The average molecular weight is 378 g/mol. The van der Waals surface area contributed by atoms with E-state index in [4.69, 9.17) is 4.74 Å². The lowest BCUT2D eigenvalue weighted by Crippen LogP contribution is -2.16. The summed E-state index contributed by atoms with van der Waals surface area (Å²) in [6.07, 6.45) is 3.10. The average Bonchev–Trinajstić information content (AvgIpc) is 3.32. The van der Waals surface area contributed by atoms with Crippen LogP contribution in [0.1, 0.15) is 21.8 Å². The second-order valence-corrected chi connectivity index (χ2v) is 7.56. The number of nitrogens with one attached hydrogen (secondary N) is 2. The van der Waals surface area contributed by atoms with Gasteiger partial charge in [0.2, 0.25) is 0 Å². The third-order valence-electron chi connectivity index (χ3n) is 4.53. The van der Waals surface area contributed by atoms with Crippen molar-refractivity contribution in [3.63, 3.8) is 0 Å². The lowest BCUT2D eigenvalue weighted by atomic mass is 10.1. The Balaban J connectivity index is 1.23. The first-order valence-corrected chi connectivity index (χ1v) is 10.0. The molecule has 0 saturated carbocycles. The number of aryl methyl sites for hydroxylation is 1. The van der Waals surface area contributed by atoms with Crippen LogP contribution in [0.5, 0.6) is 5.75 Å². The van der Waals surface area contributed by atoms with Crippen molar-refractivity contribution in [2.75, 3.05) is 6.54 Å². The first kappa shape index (κ1) is 17.8. The summed E-state index contributed by atoms with van der Waals surface area (Å²) in [6.45, 7) is 4.30. The molecule has 4 aromatic rings. The molecular weight excluding hydrogens is 354 g/mol. The second-order valence-electron chi connectivity index (χ2n) is 6.62. The molecule has 0 aliphatic rings. The molecule has 27 heavy (non-hydrogen) atoms. The number of H-pyrrole nitrogens is 1. The molecule has 2 aromatic carbocycles. The van der Waals surface area contributed by atoms with E-state index in [1.165, 1.54) is 22.0 Å². The third kappa shape index (κ3) is 4.56. The summed E-state index contributed by atoms with van der Waals surface area (Å²) in [4.78, 5) is 7.98. The zero-order valence-electron chi connectivity index (χ0n) is 15.4. The number of benzene rings is 2. The highest BCUT2D eigenvalue weighted by molar-refractivity contribution is 7.09. The van der Waals surface area contributed by atoms with Crippen molar-refractivity contribution in [3.8, 4) is 5.75 Å². The summed E-state index contributed by atoms with van der Waals surface area (Å²) in [6, 6.07) is 16.5. The van der Waals surface area contributed by atoms with E-state index < -0.39 is 0 Å². The number of nitrogens with zero attached hydrogens (tertiary/aromatic N) is 1. The largest absolute Gasteiger partial charge is 0.486 e. The second kappa shape index (κ2) is 8.37. The molecule has 2 aromatic heterocycles. The van der Waals surface area contributed by atoms with Crippen LogP contribution in [0.4, 0.5) is 0 Å². The highest BCUT2D eigenvalue weighted by Gasteiger charge is 2.05. The lowest BCUT2D eigenvalue weighted by Gasteiger charge is -2.04. The summed E-state index contributed by atoms with van der Waals surface area (Å²) < 4.78 is 5.80. The van der Waals surface area contributed by atoms with Gasteiger partial charge >= 0.3 is 0 Å². The van der Waals surface area contributed by atoms with Crippen molar-refractivity contribution in [2.45, 2.75) is 26.5 Å². The van der Waals surface area contributed by atoms with Crippen LogP contribution in [0.15, 0.2) is 60.1 Å². The maximum atomic E-state index is 5.80. The minimum absolute atomic E-state index is 0.517. The first-order chi connectivity index (χ1) is 13.3. The molecule has 0 radical (unpaired) electrons. The molecule has 0 aliphatic heterocycles. The van der Waals surface area contributed by atoms with Crippen molar-refractivity contribution < 1.29 is 4.74 Å². The Bertz CT molecular complexity index is 1000. The molecule has 2 heterocycles. The van der Waals surface area contributed by atoms with E-state index in [0.717, 1.165) is 36.0 Å². The Kier molecular flexibility index (Phi) is 5.51. The fourth-order valence-corrected chi connectivity index (χ4v) is 3.76. The van der Waals surface area contributed by atoms with Gasteiger partial charge in [-0.3, -0.25) is 0 Å². The molecule has 0 unspecified atom stereocenters. The zero-order valence-corrected chi connectivity index (χ0v) is 16.2. The maximum absolute atomic E-state index is 5.80. The molecule has 0 fully saturated rings. The van der Waals surface area contributed by atoms with Crippen LogP contribution >= 0.6 is 11.3 Å². The number of ether oxygens (including phenoxy) is 1. The normalized spacial score (nSPS) is 11.1. The van der Waals surface area contributed by atoms with E-state index in [9.17, 15) is 0 Å². The van der Waals surface area contributed by atoms with Crippen LogP contribution in [0.3, 0.4) is 0 Å². The number of aromatic amines is 1. The number of para-hydroxylation sites is 1. The van der Waals surface area contributed by atoms with Crippen molar-refractivity contribution in [3.05, 3.63) is 81.9 Å². The van der Waals surface area contributed by atoms with Gasteiger partial charge in [-0.2, -0.15) is 0 Å². The van der Waals surface area contributed by atoms with Gasteiger partial charge in [-0.1, -0.05) is 35.9 Å². The Labute approximate surface area is 163 Å². The van der Waals surface area contributed by atoms with Gasteiger partial charge in [-0.25, -0.2) is 4.98 Å². The monoisotopic (exact) mass is 377 g/mol. The number of aromatic nitrogens is 2. The minimum Gasteiger partial charge on any atom is -0.486 e. The van der Waals surface area contributed by atoms with Crippen molar-refractivity contribution in [2.24, 2.45) is 0 Å². The summed E-state index contributed by atoms with van der Waals surface area (Å²) in [7, 11) is 0. The molecule has 138 valence electrons. The van der Waals surface area contributed by atoms with Gasteiger partial charge in [0.05, 0.1) is 5.69 Å². The summed E-state index contributed by atoms with van der Waals surface area (Å²) >= 11 is 1.65. The molecule has 0 saturated heterocycles. The van der Waals surface area contributed by atoms with E-state index in [-0.39, 0.29) is 0 Å².